The van der Waals surface area contributed by atoms with Crippen LogP contribution >= 0.6 is 10.7 Å². The van der Waals surface area contributed by atoms with E-state index in [0.717, 1.165) is 6.07 Å². The van der Waals surface area contributed by atoms with Gasteiger partial charge in [0.1, 0.15) is 10.5 Å². The standard InChI is InChI=1S/C7H4ClFN2O2S/c8-14(12,13)5-3-10-7-4(5)1-2-6(9)11-7/h1-3H,(H,10,11). The van der Waals surface area contributed by atoms with E-state index in [-0.39, 0.29) is 15.9 Å². The predicted octanol–water partition coefficient (Wildman–Crippen LogP) is 1.63. The summed E-state index contributed by atoms with van der Waals surface area (Å²) in [6, 6.07) is 2.38. The fourth-order valence-electron chi connectivity index (χ4n) is 1.16. The molecule has 2 aromatic heterocycles. The number of hydrogen-bond acceptors (Lipinski definition) is 3. The van der Waals surface area contributed by atoms with Crippen molar-refractivity contribution in [3.8, 4) is 0 Å². The summed E-state index contributed by atoms with van der Waals surface area (Å²) in [5, 5.41) is 0.279. The topological polar surface area (TPSA) is 62.8 Å². The van der Waals surface area contributed by atoms with E-state index in [4.69, 9.17) is 10.7 Å². The summed E-state index contributed by atoms with van der Waals surface area (Å²) in [5.74, 6) is -0.683. The van der Waals surface area contributed by atoms with Crippen molar-refractivity contribution in [3.63, 3.8) is 0 Å². The van der Waals surface area contributed by atoms with Crippen LogP contribution in [-0.2, 0) is 9.05 Å². The van der Waals surface area contributed by atoms with Crippen molar-refractivity contribution in [1.29, 1.82) is 0 Å². The van der Waals surface area contributed by atoms with Gasteiger partial charge in [-0.05, 0) is 12.1 Å². The molecule has 2 rings (SSSR count). The van der Waals surface area contributed by atoms with Crippen molar-refractivity contribution in [3.05, 3.63) is 24.3 Å². The van der Waals surface area contributed by atoms with Crippen LogP contribution in [-0.4, -0.2) is 18.4 Å². The summed E-state index contributed by atoms with van der Waals surface area (Å²) in [5.41, 5.74) is 0.157. The molecule has 7 heteroatoms. The van der Waals surface area contributed by atoms with Gasteiger partial charge in [0.15, 0.2) is 0 Å². The van der Waals surface area contributed by atoms with Crippen molar-refractivity contribution in [2.24, 2.45) is 0 Å². The van der Waals surface area contributed by atoms with Gasteiger partial charge in [0.05, 0.1) is 0 Å². The number of pyridine rings is 1. The van der Waals surface area contributed by atoms with Crippen molar-refractivity contribution >= 4 is 30.8 Å². The fourth-order valence-corrected chi connectivity index (χ4v) is 2.17. The molecule has 0 bridgehead atoms. The zero-order chi connectivity index (χ0) is 10.3. The molecule has 0 aromatic carbocycles. The maximum Gasteiger partial charge on any atom is 0.263 e. The summed E-state index contributed by atoms with van der Waals surface area (Å²) in [7, 11) is 1.33. The summed E-state index contributed by atoms with van der Waals surface area (Å²) in [6.45, 7) is 0. The maximum atomic E-state index is 12.6. The third kappa shape index (κ3) is 1.46. The van der Waals surface area contributed by atoms with Crippen LogP contribution in [0.2, 0.25) is 0 Å². The number of aromatic amines is 1. The molecule has 14 heavy (non-hydrogen) atoms. The second-order valence-corrected chi connectivity index (χ2v) is 5.16. The first-order valence-electron chi connectivity index (χ1n) is 3.57. The van der Waals surface area contributed by atoms with E-state index in [0.29, 0.717) is 0 Å². The van der Waals surface area contributed by atoms with E-state index in [9.17, 15) is 12.8 Å². The minimum atomic E-state index is -3.82. The zero-order valence-electron chi connectivity index (χ0n) is 6.66. The Morgan fingerprint density at radius 3 is 2.79 bits per heavy atom. The second kappa shape index (κ2) is 2.93. The molecular formula is C7H4ClFN2O2S. The first-order valence-corrected chi connectivity index (χ1v) is 5.88. The third-order valence-electron chi connectivity index (χ3n) is 1.73. The molecule has 0 aliphatic heterocycles. The van der Waals surface area contributed by atoms with Crippen LogP contribution in [0.25, 0.3) is 11.0 Å². The second-order valence-electron chi connectivity index (χ2n) is 2.62. The Kier molecular flexibility index (Phi) is 1.97. The van der Waals surface area contributed by atoms with Gasteiger partial charge in [-0.3, -0.25) is 0 Å². The van der Waals surface area contributed by atoms with Crippen LogP contribution in [0.5, 0.6) is 0 Å². The van der Waals surface area contributed by atoms with Gasteiger partial charge in [0.2, 0.25) is 5.95 Å². The van der Waals surface area contributed by atoms with Crippen molar-refractivity contribution < 1.29 is 12.8 Å². The van der Waals surface area contributed by atoms with Gasteiger partial charge in [0.25, 0.3) is 9.05 Å². The van der Waals surface area contributed by atoms with Crippen LogP contribution < -0.4 is 0 Å². The smallest absolute Gasteiger partial charge is 0.263 e. The summed E-state index contributed by atoms with van der Waals surface area (Å²) >= 11 is 0. The molecular weight excluding hydrogens is 231 g/mol. The summed E-state index contributed by atoms with van der Waals surface area (Å²) in [6.07, 6.45) is 1.18. The van der Waals surface area contributed by atoms with Crippen molar-refractivity contribution in [1.82, 2.24) is 9.97 Å². The molecule has 2 aromatic rings. The molecule has 0 spiro atoms. The monoisotopic (exact) mass is 234 g/mol. The molecule has 0 radical (unpaired) electrons. The lowest BCUT2D eigenvalue weighted by Crippen LogP contribution is -1.88. The Morgan fingerprint density at radius 1 is 1.43 bits per heavy atom. The zero-order valence-corrected chi connectivity index (χ0v) is 8.23. The lowest BCUT2D eigenvalue weighted by atomic mass is 10.3. The SMILES string of the molecule is O=S(=O)(Cl)c1c[nH]c2nc(F)ccc12. The molecule has 1 N–H and O–H groups in total. The van der Waals surface area contributed by atoms with E-state index in [2.05, 4.69) is 9.97 Å². The first-order chi connectivity index (χ1) is 6.48. The highest BCUT2D eigenvalue weighted by molar-refractivity contribution is 8.14. The normalized spacial score (nSPS) is 12.1. The highest BCUT2D eigenvalue weighted by Crippen LogP contribution is 2.24. The number of rotatable bonds is 1. The maximum absolute atomic E-state index is 12.6. The largest absolute Gasteiger partial charge is 0.345 e. The molecule has 0 saturated carbocycles. The number of nitrogens with one attached hydrogen (secondary N) is 1. The number of fused-ring (bicyclic) bond motifs is 1. The van der Waals surface area contributed by atoms with Gasteiger partial charge in [-0.15, -0.1) is 0 Å². The lowest BCUT2D eigenvalue weighted by molar-refractivity contribution is 0.588. The van der Waals surface area contributed by atoms with Crippen LogP contribution in [0.15, 0.2) is 23.2 Å². The molecule has 4 nitrogen and oxygen atoms in total. The Hall–Kier alpha value is -1.14. The highest BCUT2D eigenvalue weighted by Gasteiger charge is 2.16. The summed E-state index contributed by atoms with van der Waals surface area (Å²) in [4.78, 5) is 5.89. The number of H-pyrrole nitrogens is 1. The van der Waals surface area contributed by atoms with Gasteiger partial charge in [-0.1, -0.05) is 0 Å². The molecule has 74 valence electrons. The third-order valence-corrected chi connectivity index (χ3v) is 3.09. The molecule has 0 atom stereocenters. The van der Waals surface area contributed by atoms with E-state index < -0.39 is 15.0 Å². The fraction of sp³-hybridized carbons (Fsp3) is 0. The van der Waals surface area contributed by atoms with Crippen molar-refractivity contribution in [2.45, 2.75) is 4.90 Å². The van der Waals surface area contributed by atoms with Gasteiger partial charge < -0.3 is 4.98 Å². The quantitative estimate of drug-likeness (QED) is 0.603. The lowest BCUT2D eigenvalue weighted by Gasteiger charge is -1.92. The Labute approximate surface area is 83.1 Å². The molecule has 0 fully saturated rings. The van der Waals surface area contributed by atoms with Gasteiger partial charge in [-0.25, -0.2) is 13.4 Å². The minimum Gasteiger partial charge on any atom is -0.345 e. The van der Waals surface area contributed by atoms with Crippen LogP contribution in [0, 0.1) is 5.95 Å². The van der Waals surface area contributed by atoms with Gasteiger partial charge in [0, 0.05) is 22.3 Å². The molecule has 2 heterocycles. The molecule has 0 saturated heterocycles. The Morgan fingerprint density at radius 2 is 2.14 bits per heavy atom. The average molecular weight is 235 g/mol. The molecule has 0 aliphatic carbocycles. The van der Waals surface area contributed by atoms with Crippen LogP contribution in [0.3, 0.4) is 0 Å². The summed E-state index contributed by atoms with van der Waals surface area (Å²) < 4.78 is 34.7. The number of nitrogens with zero attached hydrogens (tertiary/aromatic N) is 1. The van der Waals surface area contributed by atoms with E-state index in [1.54, 1.807) is 0 Å². The van der Waals surface area contributed by atoms with E-state index in [1.165, 1.54) is 12.3 Å². The van der Waals surface area contributed by atoms with Crippen LogP contribution in [0.1, 0.15) is 0 Å². The first kappa shape index (κ1) is 9.42. The minimum absolute atomic E-state index is 0.0957. The van der Waals surface area contributed by atoms with Crippen molar-refractivity contribution in [2.75, 3.05) is 0 Å². The number of aromatic nitrogens is 2. The Balaban J connectivity index is 2.83. The molecule has 0 aliphatic rings. The number of halogens is 2. The Bertz CT molecular complexity index is 593. The molecule has 0 unspecified atom stereocenters. The van der Waals surface area contributed by atoms with Gasteiger partial charge in [-0.2, -0.15) is 4.39 Å². The van der Waals surface area contributed by atoms with Crippen LogP contribution in [0.4, 0.5) is 4.39 Å². The molecule has 0 amide bonds. The average Bonchev–Trinajstić information content (AvgIpc) is 2.45. The van der Waals surface area contributed by atoms with Gasteiger partial charge >= 0.3 is 0 Å². The van der Waals surface area contributed by atoms with E-state index >= 15 is 0 Å². The predicted molar refractivity (Wildman–Crippen MR) is 49.1 cm³/mol. The van der Waals surface area contributed by atoms with E-state index in [1.807, 2.05) is 0 Å². The highest BCUT2D eigenvalue weighted by atomic mass is 35.7. The number of hydrogen-bond donors (Lipinski definition) is 1.